The largest absolute Gasteiger partial charge is 0.481 e. The van der Waals surface area contributed by atoms with Crippen molar-refractivity contribution in [3.8, 4) is 0 Å². The lowest BCUT2D eigenvalue weighted by molar-refractivity contribution is -0.141. The van der Waals surface area contributed by atoms with Crippen molar-refractivity contribution in [2.45, 2.75) is 39.7 Å². The van der Waals surface area contributed by atoms with Crippen molar-refractivity contribution in [1.29, 1.82) is 0 Å². The number of hydrogen-bond acceptors (Lipinski definition) is 3. The highest BCUT2D eigenvalue weighted by Gasteiger charge is 2.35. The molecular weight excluding hydrogens is 246 g/mol. The van der Waals surface area contributed by atoms with Gasteiger partial charge >= 0.3 is 5.97 Å². The zero-order chi connectivity index (χ0) is 14.2. The SMILES string of the molecule is Cc1cc(C(=O)N(C[C@H](C)C(=O)O)C2CC2)c(C)o1. The van der Waals surface area contributed by atoms with Crippen molar-refractivity contribution in [2.75, 3.05) is 6.54 Å². The molecule has 0 spiro atoms. The van der Waals surface area contributed by atoms with Gasteiger partial charge in [-0.2, -0.15) is 0 Å². The highest BCUT2D eigenvalue weighted by Crippen LogP contribution is 2.30. The van der Waals surface area contributed by atoms with Crippen molar-refractivity contribution < 1.29 is 19.1 Å². The molecule has 104 valence electrons. The van der Waals surface area contributed by atoms with Gasteiger partial charge in [0.05, 0.1) is 11.5 Å². The molecule has 5 nitrogen and oxygen atoms in total. The number of hydrogen-bond donors (Lipinski definition) is 1. The molecule has 1 saturated carbocycles. The first kappa shape index (κ1) is 13.6. The normalized spacial score (nSPS) is 16.2. The summed E-state index contributed by atoms with van der Waals surface area (Å²) in [5, 5.41) is 8.99. The second-order valence-corrected chi connectivity index (χ2v) is 5.25. The Morgan fingerprint density at radius 1 is 1.47 bits per heavy atom. The number of rotatable bonds is 5. The number of carboxylic acids is 1. The standard InChI is InChI=1S/C14H19NO4/c1-8(14(17)18)7-15(11-4-5-11)13(16)12-6-9(2)19-10(12)3/h6,8,11H,4-5,7H2,1-3H3,(H,17,18)/t8-/m0/s1. The van der Waals surface area contributed by atoms with Crippen molar-refractivity contribution in [3.63, 3.8) is 0 Å². The highest BCUT2D eigenvalue weighted by atomic mass is 16.4. The second kappa shape index (κ2) is 5.07. The Morgan fingerprint density at radius 2 is 2.11 bits per heavy atom. The molecule has 19 heavy (non-hydrogen) atoms. The van der Waals surface area contributed by atoms with E-state index in [1.807, 2.05) is 0 Å². The topological polar surface area (TPSA) is 70.8 Å². The Kier molecular flexibility index (Phi) is 3.64. The number of carbonyl (C=O) groups excluding carboxylic acids is 1. The summed E-state index contributed by atoms with van der Waals surface area (Å²) < 4.78 is 5.37. The number of amides is 1. The molecule has 0 aromatic carbocycles. The van der Waals surface area contributed by atoms with E-state index in [-0.39, 0.29) is 18.5 Å². The van der Waals surface area contributed by atoms with Crippen molar-refractivity contribution in [1.82, 2.24) is 4.90 Å². The van der Waals surface area contributed by atoms with Gasteiger partial charge in [0.15, 0.2) is 0 Å². The quantitative estimate of drug-likeness (QED) is 0.886. The fourth-order valence-electron chi connectivity index (χ4n) is 2.16. The van der Waals surface area contributed by atoms with E-state index in [1.54, 1.807) is 31.7 Å². The summed E-state index contributed by atoms with van der Waals surface area (Å²) in [6.45, 7) is 5.43. The Morgan fingerprint density at radius 3 is 2.53 bits per heavy atom. The second-order valence-electron chi connectivity index (χ2n) is 5.25. The maximum atomic E-state index is 12.5. The molecule has 5 heteroatoms. The molecule has 1 atom stereocenters. The lowest BCUT2D eigenvalue weighted by Crippen LogP contribution is -2.38. The van der Waals surface area contributed by atoms with Crippen LogP contribution in [0.5, 0.6) is 0 Å². The molecule has 1 aromatic heterocycles. The summed E-state index contributed by atoms with van der Waals surface area (Å²) >= 11 is 0. The monoisotopic (exact) mass is 265 g/mol. The lowest BCUT2D eigenvalue weighted by atomic mass is 10.1. The van der Waals surface area contributed by atoms with E-state index in [1.165, 1.54) is 0 Å². The number of carboxylic acid groups (broad SMARTS) is 1. The first-order chi connectivity index (χ1) is 8.90. The minimum absolute atomic E-state index is 0.120. The van der Waals surface area contributed by atoms with Crippen molar-refractivity contribution >= 4 is 11.9 Å². The summed E-state index contributed by atoms with van der Waals surface area (Å²) in [7, 11) is 0. The van der Waals surface area contributed by atoms with Gasteiger partial charge in [-0.05, 0) is 32.8 Å². The molecule has 1 heterocycles. The minimum atomic E-state index is -0.876. The van der Waals surface area contributed by atoms with Gasteiger partial charge in [-0.25, -0.2) is 0 Å². The molecular formula is C14H19NO4. The summed E-state index contributed by atoms with van der Waals surface area (Å²) in [6, 6.07) is 1.90. The zero-order valence-corrected chi connectivity index (χ0v) is 11.5. The van der Waals surface area contributed by atoms with E-state index >= 15 is 0 Å². The van der Waals surface area contributed by atoms with Crippen LogP contribution in [-0.4, -0.2) is 34.5 Å². The van der Waals surface area contributed by atoms with Crippen LogP contribution in [0.3, 0.4) is 0 Å². The number of aryl methyl sites for hydroxylation is 2. The Bertz CT molecular complexity index is 502. The van der Waals surface area contributed by atoms with Gasteiger partial charge in [0.25, 0.3) is 5.91 Å². The van der Waals surface area contributed by atoms with Crippen LogP contribution in [0.15, 0.2) is 10.5 Å². The van der Waals surface area contributed by atoms with Crippen LogP contribution in [-0.2, 0) is 4.79 Å². The van der Waals surface area contributed by atoms with Gasteiger partial charge in [-0.1, -0.05) is 6.92 Å². The predicted octanol–water partition coefficient (Wildman–Crippen LogP) is 2.22. The van der Waals surface area contributed by atoms with Gasteiger partial charge in [-0.3, -0.25) is 9.59 Å². The molecule has 1 fully saturated rings. The highest BCUT2D eigenvalue weighted by molar-refractivity contribution is 5.96. The van der Waals surface area contributed by atoms with Gasteiger partial charge in [0, 0.05) is 12.6 Å². The molecule has 1 aliphatic rings. The minimum Gasteiger partial charge on any atom is -0.481 e. The van der Waals surface area contributed by atoms with Crippen LogP contribution >= 0.6 is 0 Å². The third-order valence-corrected chi connectivity index (χ3v) is 3.41. The fourth-order valence-corrected chi connectivity index (χ4v) is 2.16. The Labute approximate surface area is 112 Å². The van der Waals surface area contributed by atoms with Crippen molar-refractivity contribution in [2.24, 2.45) is 5.92 Å². The molecule has 1 aliphatic carbocycles. The first-order valence-electron chi connectivity index (χ1n) is 6.51. The van der Waals surface area contributed by atoms with E-state index < -0.39 is 11.9 Å². The zero-order valence-electron chi connectivity index (χ0n) is 11.5. The molecule has 0 unspecified atom stereocenters. The van der Waals surface area contributed by atoms with E-state index in [2.05, 4.69) is 0 Å². The molecule has 1 amide bonds. The molecule has 1 aromatic rings. The molecule has 0 bridgehead atoms. The van der Waals surface area contributed by atoms with E-state index in [9.17, 15) is 9.59 Å². The average molecular weight is 265 g/mol. The van der Waals surface area contributed by atoms with Crippen LogP contribution in [0.4, 0.5) is 0 Å². The van der Waals surface area contributed by atoms with Crippen LogP contribution in [0.25, 0.3) is 0 Å². The number of nitrogens with zero attached hydrogens (tertiary/aromatic N) is 1. The van der Waals surface area contributed by atoms with Gasteiger partial charge in [0.1, 0.15) is 11.5 Å². The first-order valence-corrected chi connectivity index (χ1v) is 6.51. The van der Waals surface area contributed by atoms with Crippen LogP contribution < -0.4 is 0 Å². The van der Waals surface area contributed by atoms with Gasteiger partial charge < -0.3 is 14.4 Å². The smallest absolute Gasteiger partial charge is 0.308 e. The maximum absolute atomic E-state index is 12.5. The van der Waals surface area contributed by atoms with Crippen LogP contribution in [0.1, 0.15) is 41.6 Å². The maximum Gasteiger partial charge on any atom is 0.308 e. The number of furan rings is 1. The molecule has 1 N–H and O–H groups in total. The van der Waals surface area contributed by atoms with Crippen LogP contribution in [0.2, 0.25) is 0 Å². The molecule has 2 rings (SSSR count). The van der Waals surface area contributed by atoms with Crippen LogP contribution in [0, 0.1) is 19.8 Å². The summed E-state index contributed by atoms with van der Waals surface area (Å²) in [5.74, 6) is -0.264. The third-order valence-electron chi connectivity index (χ3n) is 3.41. The van der Waals surface area contributed by atoms with E-state index in [0.29, 0.717) is 17.1 Å². The number of aliphatic carboxylic acids is 1. The van der Waals surface area contributed by atoms with Gasteiger partial charge in [0.2, 0.25) is 0 Å². The average Bonchev–Trinajstić information content (AvgIpc) is 3.10. The van der Waals surface area contributed by atoms with Gasteiger partial charge in [-0.15, -0.1) is 0 Å². The predicted molar refractivity (Wildman–Crippen MR) is 69.0 cm³/mol. The Hall–Kier alpha value is -1.78. The van der Waals surface area contributed by atoms with Crippen molar-refractivity contribution in [3.05, 3.63) is 23.2 Å². The third kappa shape index (κ3) is 2.97. The summed E-state index contributed by atoms with van der Waals surface area (Å²) in [4.78, 5) is 25.1. The van der Waals surface area contributed by atoms with E-state index in [4.69, 9.17) is 9.52 Å². The fraction of sp³-hybridized carbons (Fsp3) is 0.571. The summed E-state index contributed by atoms with van der Waals surface area (Å²) in [5.41, 5.74) is 0.544. The molecule has 0 aliphatic heterocycles. The number of carbonyl (C=O) groups is 2. The lowest BCUT2D eigenvalue weighted by Gasteiger charge is -2.24. The Balaban J connectivity index is 2.17. The molecule has 0 radical (unpaired) electrons. The van der Waals surface area contributed by atoms with E-state index in [0.717, 1.165) is 12.8 Å². The molecule has 0 saturated heterocycles. The summed E-state index contributed by atoms with van der Waals surface area (Å²) in [6.07, 6.45) is 1.90.